The van der Waals surface area contributed by atoms with E-state index in [0.717, 1.165) is 47.7 Å². The molecule has 194 valence electrons. The van der Waals surface area contributed by atoms with Gasteiger partial charge in [-0.1, -0.05) is 44.2 Å². The number of nitrogens with one attached hydrogen (secondary N) is 1. The van der Waals surface area contributed by atoms with E-state index in [1.54, 1.807) is 11.6 Å². The first kappa shape index (κ1) is 26.0. The minimum absolute atomic E-state index is 0.0238. The van der Waals surface area contributed by atoms with E-state index >= 15 is 0 Å². The molecular formula is C27H38N6O3. The van der Waals surface area contributed by atoms with Crippen LogP contribution >= 0.6 is 0 Å². The van der Waals surface area contributed by atoms with Crippen molar-refractivity contribution in [3.63, 3.8) is 0 Å². The van der Waals surface area contributed by atoms with Crippen molar-refractivity contribution >= 4 is 16.9 Å². The van der Waals surface area contributed by atoms with E-state index in [1.165, 1.54) is 24.8 Å². The van der Waals surface area contributed by atoms with Crippen LogP contribution in [0.3, 0.4) is 0 Å². The maximum Gasteiger partial charge on any atom is 0.327 e. The van der Waals surface area contributed by atoms with Gasteiger partial charge >= 0.3 is 5.97 Å². The van der Waals surface area contributed by atoms with E-state index in [9.17, 15) is 9.59 Å². The first-order valence-electron chi connectivity index (χ1n) is 13.2. The van der Waals surface area contributed by atoms with Crippen molar-refractivity contribution < 1.29 is 9.53 Å². The molecule has 36 heavy (non-hydrogen) atoms. The molecule has 0 unspecified atom stereocenters. The van der Waals surface area contributed by atoms with Crippen LogP contribution < -0.4 is 5.56 Å². The molecule has 1 fully saturated rings. The second-order valence-electron chi connectivity index (χ2n) is 9.94. The van der Waals surface area contributed by atoms with E-state index < -0.39 is 0 Å². The molecule has 0 radical (unpaired) electrons. The number of ether oxygens (including phenoxy) is 1. The molecule has 1 aliphatic carbocycles. The summed E-state index contributed by atoms with van der Waals surface area (Å²) in [7, 11) is 0. The smallest absolute Gasteiger partial charge is 0.327 e. The van der Waals surface area contributed by atoms with Gasteiger partial charge in [0, 0.05) is 18.2 Å². The number of fused-ring (bicyclic) bond motifs is 1. The molecule has 0 saturated heterocycles. The molecule has 1 aliphatic rings. The van der Waals surface area contributed by atoms with E-state index in [2.05, 4.69) is 51.4 Å². The Balaban J connectivity index is 1.74. The van der Waals surface area contributed by atoms with Gasteiger partial charge in [-0.25, -0.2) is 4.68 Å². The molecule has 1 N–H and O–H groups in total. The van der Waals surface area contributed by atoms with Gasteiger partial charge in [-0.3, -0.25) is 14.5 Å². The van der Waals surface area contributed by atoms with E-state index in [0.29, 0.717) is 25.0 Å². The number of H-pyrrole nitrogens is 1. The SMILES string of the molecule is CCC[C@H](c1nnnn1CC(=O)OCC)N(Cc1cc2cc(C)cc(C)c2[nH]c1=O)C1CCCCC1. The van der Waals surface area contributed by atoms with Crippen LogP contribution in [0.25, 0.3) is 10.9 Å². The van der Waals surface area contributed by atoms with Crippen LogP contribution in [0.1, 0.15) is 87.3 Å². The van der Waals surface area contributed by atoms with Crippen molar-refractivity contribution in [2.45, 2.75) is 97.8 Å². The average Bonchev–Trinajstić information content (AvgIpc) is 3.30. The molecule has 3 aromatic rings. The number of pyridine rings is 1. The highest BCUT2D eigenvalue weighted by Gasteiger charge is 2.33. The Morgan fingerprint density at radius 1 is 1.19 bits per heavy atom. The van der Waals surface area contributed by atoms with Crippen LogP contribution in [-0.4, -0.2) is 48.7 Å². The lowest BCUT2D eigenvalue weighted by Crippen LogP contribution is -2.41. The third-order valence-electron chi connectivity index (χ3n) is 7.17. The second kappa shape index (κ2) is 11.8. The zero-order chi connectivity index (χ0) is 25.7. The fourth-order valence-corrected chi connectivity index (χ4v) is 5.56. The average molecular weight is 495 g/mol. The largest absolute Gasteiger partial charge is 0.465 e. The molecule has 0 bridgehead atoms. The summed E-state index contributed by atoms with van der Waals surface area (Å²) in [4.78, 5) is 31.0. The zero-order valence-corrected chi connectivity index (χ0v) is 21.9. The number of aromatic amines is 1. The number of carbonyl (C=O) groups excluding carboxylic acids is 1. The number of esters is 1. The van der Waals surface area contributed by atoms with Crippen molar-refractivity contribution in [1.82, 2.24) is 30.1 Å². The van der Waals surface area contributed by atoms with Gasteiger partial charge in [-0.15, -0.1) is 5.10 Å². The topological polar surface area (TPSA) is 106 Å². The Morgan fingerprint density at radius 3 is 2.69 bits per heavy atom. The number of aromatic nitrogens is 5. The number of hydrogen-bond acceptors (Lipinski definition) is 7. The van der Waals surface area contributed by atoms with Gasteiger partial charge < -0.3 is 9.72 Å². The summed E-state index contributed by atoms with van der Waals surface area (Å²) < 4.78 is 6.70. The van der Waals surface area contributed by atoms with Crippen LogP contribution in [0.15, 0.2) is 23.0 Å². The second-order valence-corrected chi connectivity index (χ2v) is 9.94. The summed E-state index contributed by atoms with van der Waals surface area (Å²) in [6.45, 7) is 8.82. The van der Waals surface area contributed by atoms with Crippen LogP contribution in [-0.2, 0) is 22.6 Å². The van der Waals surface area contributed by atoms with Crippen LogP contribution in [0.2, 0.25) is 0 Å². The van der Waals surface area contributed by atoms with Crippen molar-refractivity contribution in [3.05, 3.63) is 51.1 Å². The summed E-state index contributed by atoms with van der Waals surface area (Å²) in [6, 6.07) is 6.45. The standard InChI is InChI=1S/C27H38N6O3/c1-5-10-23(26-29-30-31-33(26)17-24(34)36-6-2)32(22-11-8-7-9-12-22)16-21-15-20-14-18(3)13-19(4)25(20)28-27(21)35/h13-15,22-23H,5-12,16-17H2,1-4H3,(H,28,35)/t23-/m1/s1. The molecule has 0 amide bonds. The predicted octanol–water partition coefficient (Wildman–Crippen LogP) is 4.37. The highest BCUT2D eigenvalue weighted by Crippen LogP contribution is 2.33. The Morgan fingerprint density at radius 2 is 1.97 bits per heavy atom. The lowest BCUT2D eigenvalue weighted by molar-refractivity contribution is -0.144. The van der Waals surface area contributed by atoms with Gasteiger partial charge in [0.1, 0.15) is 6.54 Å². The Bertz CT molecular complexity index is 1240. The maximum atomic E-state index is 13.3. The molecular weight excluding hydrogens is 456 g/mol. The molecule has 1 saturated carbocycles. The van der Waals surface area contributed by atoms with Gasteiger partial charge in [-0.2, -0.15) is 0 Å². The van der Waals surface area contributed by atoms with Gasteiger partial charge in [0.15, 0.2) is 5.82 Å². The molecule has 9 heteroatoms. The van der Waals surface area contributed by atoms with E-state index in [-0.39, 0.29) is 24.1 Å². The molecule has 1 aromatic carbocycles. The molecule has 0 spiro atoms. The number of tetrazole rings is 1. The first-order valence-corrected chi connectivity index (χ1v) is 13.2. The number of benzene rings is 1. The number of nitrogens with zero attached hydrogens (tertiary/aromatic N) is 5. The predicted molar refractivity (Wildman–Crippen MR) is 139 cm³/mol. The van der Waals surface area contributed by atoms with Crippen LogP contribution in [0, 0.1) is 13.8 Å². The van der Waals surface area contributed by atoms with Gasteiger partial charge in [0.2, 0.25) is 0 Å². The van der Waals surface area contributed by atoms with E-state index in [4.69, 9.17) is 4.74 Å². The molecule has 0 aliphatic heterocycles. The van der Waals surface area contributed by atoms with Crippen LogP contribution in [0.4, 0.5) is 0 Å². The highest BCUT2D eigenvalue weighted by molar-refractivity contribution is 5.82. The highest BCUT2D eigenvalue weighted by atomic mass is 16.5. The normalized spacial score (nSPS) is 15.5. The van der Waals surface area contributed by atoms with Gasteiger partial charge in [0.25, 0.3) is 5.56 Å². The molecule has 4 rings (SSSR count). The maximum absolute atomic E-state index is 13.3. The van der Waals surface area contributed by atoms with Crippen LogP contribution in [0.5, 0.6) is 0 Å². The quantitative estimate of drug-likeness (QED) is 0.417. The van der Waals surface area contributed by atoms with Crippen molar-refractivity contribution in [2.24, 2.45) is 0 Å². The minimum Gasteiger partial charge on any atom is -0.465 e. The molecule has 1 atom stereocenters. The number of aryl methyl sites for hydroxylation is 2. The Kier molecular flexibility index (Phi) is 8.51. The molecule has 9 nitrogen and oxygen atoms in total. The van der Waals surface area contributed by atoms with Gasteiger partial charge in [-0.05, 0) is 73.5 Å². The fourth-order valence-electron chi connectivity index (χ4n) is 5.56. The first-order chi connectivity index (χ1) is 17.4. The Labute approximate surface area is 212 Å². The zero-order valence-electron chi connectivity index (χ0n) is 21.9. The van der Waals surface area contributed by atoms with Crippen molar-refractivity contribution in [3.8, 4) is 0 Å². The van der Waals surface area contributed by atoms with Gasteiger partial charge in [0.05, 0.1) is 18.2 Å². The molecule has 2 aromatic heterocycles. The molecule has 2 heterocycles. The fraction of sp³-hybridized carbons (Fsp3) is 0.593. The number of hydrogen-bond donors (Lipinski definition) is 1. The number of carbonyl (C=O) groups is 1. The monoisotopic (exact) mass is 494 g/mol. The Hall–Kier alpha value is -3.07. The minimum atomic E-state index is -0.359. The lowest BCUT2D eigenvalue weighted by Gasteiger charge is -2.39. The van der Waals surface area contributed by atoms with E-state index in [1.807, 2.05) is 13.0 Å². The third-order valence-corrected chi connectivity index (χ3v) is 7.17. The summed E-state index contributed by atoms with van der Waals surface area (Å²) >= 11 is 0. The summed E-state index contributed by atoms with van der Waals surface area (Å²) in [5.74, 6) is 0.293. The number of rotatable bonds is 10. The summed E-state index contributed by atoms with van der Waals surface area (Å²) in [5, 5.41) is 13.4. The summed E-state index contributed by atoms with van der Waals surface area (Å²) in [5.41, 5.74) is 3.81. The third kappa shape index (κ3) is 5.83. The summed E-state index contributed by atoms with van der Waals surface area (Å²) in [6.07, 6.45) is 7.46. The lowest BCUT2D eigenvalue weighted by atomic mass is 9.91. The van der Waals surface area contributed by atoms with Crippen molar-refractivity contribution in [1.29, 1.82) is 0 Å². The van der Waals surface area contributed by atoms with Crippen molar-refractivity contribution in [2.75, 3.05) is 6.61 Å².